The molecule has 0 spiro atoms. The summed E-state index contributed by atoms with van der Waals surface area (Å²) in [7, 11) is -0.791. The van der Waals surface area contributed by atoms with Crippen LogP contribution >= 0.6 is 0 Å². The molecule has 0 amide bonds. The van der Waals surface area contributed by atoms with Gasteiger partial charge < -0.3 is 4.57 Å². The van der Waals surface area contributed by atoms with Crippen LogP contribution in [0, 0.1) is 0 Å². The summed E-state index contributed by atoms with van der Waals surface area (Å²) in [6.07, 6.45) is 9.63. The highest BCUT2D eigenvalue weighted by atomic mass is 28.2. The van der Waals surface area contributed by atoms with Gasteiger partial charge in [0, 0.05) is 12.4 Å². The SMILES string of the molecule is CCCCc1cccc([SiH2]C(c2ccccc2)(c2ccccc2)n2ccnc2)c1. The van der Waals surface area contributed by atoms with E-state index >= 15 is 0 Å². The molecule has 4 rings (SSSR count). The van der Waals surface area contributed by atoms with Crippen LogP contribution in [0.3, 0.4) is 0 Å². The molecule has 0 saturated carbocycles. The number of aryl methyl sites for hydroxylation is 1. The second-order valence-electron chi connectivity index (χ2n) is 7.66. The quantitative estimate of drug-likeness (QED) is 0.402. The molecule has 29 heavy (non-hydrogen) atoms. The minimum absolute atomic E-state index is 0.206. The van der Waals surface area contributed by atoms with Gasteiger partial charge in [0.1, 0.15) is 0 Å². The van der Waals surface area contributed by atoms with Crippen molar-refractivity contribution in [2.24, 2.45) is 0 Å². The molecule has 0 aliphatic heterocycles. The molecule has 1 aromatic heterocycles. The van der Waals surface area contributed by atoms with Crippen molar-refractivity contribution in [3.8, 4) is 0 Å². The van der Waals surface area contributed by atoms with E-state index < -0.39 is 9.52 Å². The fourth-order valence-corrected chi connectivity index (χ4v) is 6.70. The normalized spacial score (nSPS) is 11.9. The van der Waals surface area contributed by atoms with E-state index in [1.165, 1.54) is 34.7 Å². The Morgan fingerprint density at radius 2 is 1.55 bits per heavy atom. The molecule has 0 aliphatic carbocycles. The van der Waals surface area contributed by atoms with Crippen LogP contribution in [0.15, 0.2) is 104 Å². The molecule has 0 bridgehead atoms. The highest BCUT2D eigenvalue weighted by Crippen LogP contribution is 2.33. The van der Waals surface area contributed by atoms with Crippen LogP contribution < -0.4 is 5.19 Å². The smallest absolute Gasteiger partial charge is 0.0965 e. The third-order valence-electron chi connectivity index (χ3n) is 5.72. The number of imidazole rings is 1. The predicted octanol–water partition coefficient (Wildman–Crippen LogP) is 4.47. The Kier molecular flexibility index (Phi) is 6.06. The van der Waals surface area contributed by atoms with Crippen LogP contribution in [-0.4, -0.2) is 19.1 Å². The summed E-state index contributed by atoms with van der Waals surface area (Å²) in [6.45, 7) is 2.26. The van der Waals surface area contributed by atoms with E-state index in [2.05, 4.69) is 108 Å². The second kappa shape index (κ2) is 9.06. The summed E-state index contributed by atoms with van der Waals surface area (Å²) in [6, 6.07) is 31.1. The topological polar surface area (TPSA) is 17.8 Å². The minimum Gasteiger partial charge on any atom is -0.326 e. The Labute approximate surface area is 176 Å². The Morgan fingerprint density at radius 1 is 0.862 bits per heavy atom. The fraction of sp³-hybridized carbons (Fsp3) is 0.192. The monoisotopic (exact) mass is 396 g/mol. The summed E-state index contributed by atoms with van der Waals surface area (Å²) in [5, 5.41) is 1.28. The molecule has 3 aromatic carbocycles. The van der Waals surface area contributed by atoms with Gasteiger partial charge in [-0.05, 0) is 29.5 Å². The van der Waals surface area contributed by atoms with Gasteiger partial charge in [-0.15, -0.1) is 0 Å². The Hall–Kier alpha value is -2.91. The number of unbranched alkanes of at least 4 members (excludes halogenated alkanes) is 1. The van der Waals surface area contributed by atoms with Crippen molar-refractivity contribution in [3.63, 3.8) is 0 Å². The first-order valence-corrected chi connectivity index (χ1v) is 11.9. The molecule has 0 aliphatic rings. The molecule has 1 heterocycles. The number of benzene rings is 3. The van der Waals surface area contributed by atoms with Crippen molar-refractivity contribution < 1.29 is 0 Å². The van der Waals surface area contributed by atoms with Gasteiger partial charge in [-0.1, -0.05) is 103 Å². The lowest BCUT2D eigenvalue weighted by atomic mass is 9.97. The number of hydrogen-bond donors (Lipinski definition) is 0. The average molecular weight is 397 g/mol. The van der Waals surface area contributed by atoms with Crippen LogP contribution in [0.25, 0.3) is 0 Å². The first-order valence-electron chi connectivity index (χ1n) is 10.5. The van der Waals surface area contributed by atoms with Gasteiger partial charge in [-0.3, -0.25) is 0 Å². The minimum atomic E-state index is -0.791. The lowest BCUT2D eigenvalue weighted by molar-refractivity contribution is 0.596. The van der Waals surface area contributed by atoms with Gasteiger partial charge >= 0.3 is 0 Å². The fourth-order valence-electron chi connectivity index (χ4n) is 4.24. The van der Waals surface area contributed by atoms with E-state index in [9.17, 15) is 0 Å². The van der Waals surface area contributed by atoms with E-state index in [0.29, 0.717) is 0 Å². The summed E-state index contributed by atoms with van der Waals surface area (Å²) < 4.78 is 2.32. The molecule has 0 unspecified atom stereocenters. The Balaban J connectivity index is 1.87. The third-order valence-corrected chi connectivity index (χ3v) is 8.26. The molecule has 0 atom stereocenters. The molecule has 4 aromatic rings. The number of hydrogen-bond acceptors (Lipinski definition) is 1. The number of rotatable bonds is 8. The number of aromatic nitrogens is 2. The maximum absolute atomic E-state index is 4.42. The van der Waals surface area contributed by atoms with Crippen LogP contribution in [-0.2, 0) is 11.6 Å². The highest BCUT2D eigenvalue weighted by molar-refractivity contribution is 6.57. The Bertz CT molecular complexity index is 972. The first-order chi connectivity index (χ1) is 14.3. The Morgan fingerprint density at radius 3 is 2.14 bits per heavy atom. The lowest BCUT2D eigenvalue weighted by Crippen LogP contribution is -2.46. The molecule has 0 fully saturated rings. The molecule has 0 N–H and O–H groups in total. The third kappa shape index (κ3) is 4.10. The zero-order valence-electron chi connectivity index (χ0n) is 17.0. The van der Waals surface area contributed by atoms with E-state index in [4.69, 9.17) is 0 Å². The summed E-state index contributed by atoms with van der Waals surface area (Å²) in [4.78, 5) is 4.42. The summed E-state index contributed by atoms with van der Waals surface area (Å²) in [5.41, 5.74) is 4.11. The van der Waals surface area contributed by atoms with E-state index in [0.717, 1.165) is 6.42 Å². The molecule has 3 heteroatoms. The van der Waals surface area contributed by atoms with E-state index in [1.807, 2.05) is 12.5 Å². The molecular weight excluding hydrogens is 368 g/mol. The van der Waals surface area contributed by atoms with Gasteiger partial charge in [-0.25, -0.2) is 4.98 Å². The van der Waals surface area contributed by atoms with Crippen molar-refractivity contribution in [3.05, 3.63) is 120 Å². The molecule has 0 radical (unpaired) electrons. The molecule has 2 nitrogen and oxygen atoms in total. The van der Waals surface area contributed by atoms with Crippen molar-refractivity contribution in [1.82, 2.24) is 9.55 Å². The second-order valence-corrected chi connectivity index (χ2v) is 9.86. The maximum Gasteiger partial charge on any atom is 0.0965 e. The van der Waals surface area contributed by atoms with Crippen molar-refractivity contribution in [2.45, 2.75) is 31.3 Å². The van der Waals surface area contributed by atoms with Crippen LogP contribution in [0.2, 0.25) is 0 Å². The lowest BCUT2D eigenvalue weighted by Gasteiger charge is -2.37. The van der Waals surface area contributed by atoms with Gasteiger partial charge in [0.15, 0.2) is 0 Å². The maximum atomic E-state index is 4.42. The summed E-state index contributed by atoms with van der Waals surface area (Å²) >= 11 is 0. The van der Waals surface area contributed by atoms with Crippen LogP contribution in [0.1, 0.15) is 36.5 Å². The zero-order valence-corrected chi connectivity index (χ0v) is 18.5. The number of nitrogens with zero attached hydrogens (tertiary/aromatic N) is 2. The molecule has 0 saturated heterocycles. The molecule has 146 valence electrons. The standard InChI is InChI=1S/C26H28N2Si/c1-2-3-11-22-12-10-17-25(20-22)29-26(28-19-18-27-21-28,23-13-6-4-7-14-23)24-15-8-5-9-16-24/h4-10,12-21H,2-3,11,29H2,1H3. The van der Waals surface area contributed by atoms with Crippen LogP contribution in [0.5, 0.6) is 0 Å². The van der Waals surface area contributed by atoms with Gasteiger partial charge in [0.25, 0.3) is 0 Å². The van der Waals surface area contributed by atoms with Crippen LogP contribution in [0.4, 0.5) is 0 Å². The van der Waals surface area contributed by atoms with E-state index in [1.54, 1.807) is 0 Å². The largest absolute Gasteiger partial charge is 0.326 e. The molecular formula is C26H28N2Si. The van der Waals surface area contributed by atoms with Crippen molar-refractivity contribution in [1.29, 1.82) is 0 Å². The van der Waals surface area contributed by atoms with Crippen molar-refractivity contribution in [2.75, 3.05) is 0 Å². The van der Waals surface area contributed by atoms with Crippen molar-refractivity contribution >= 4 is 14.7 Å². The van der Waals surface area contributed by atoms with Gasteiger partial charge in [0.05, 0.1) is 21.0 Å². The first kappa shape index (κ1) is 19.4. The van der Waals surface area contributed by atoms with Gasteiger partial charge in [-0.2, -0.15) is 0 Å². The predicted molar refractivity (Wildman–Crippen MR) is 125 cm³/mol. The van der Waals surface area contributed by atoms with Gasteiger partial charge in [0.2, 0.25) is 0 Å². The summed E-state index contributed by atoms with van der Waals surface area (Å²) in [5.74, 6) is 0. The average Bonchev–Trinajstić information content (AvgIpc) is 3.33. The highest BCUT2D eigenvalue weighted by Gasteiger charge is 2.36. The zero-order chi connectivity index (χ0) is 19.9. The van der Waals surface area contributed by atoms with E-state index in [-0.39, 0.29) is 5.16 Å².